The van der Waals surface area contributed by atoms with Crippen LogP contribution in [0.4, 0.5) is 10.1 Å². The maximum Gasteiger partial charge on any atom is 0.264 e. The average molecular weight is 574 g/mol. The Hall–Kier alpha value is -3.43. The number of halogens is 2. The van der Waals surface area contributed by atoms with Gasteiger partial charge in [0.05, 0.1) is 10.6 Å². The van der Waals surface area contributed by atoms with Crippen LogP contribution < -0.4 is 9.62 Å². The fraction of sp³-hybridized carbons (Fsp3) is 0.310. The van der Waals surface area contributed by atoms with E-state index in [9.17, 15) is 22.4 Å². The van der Waals surface area contributed by atoms with Gasteiger partial charge in [0.25, 0.3) is 10.0 Å². The van der Waals surface area contributed by atoms with E-state index in [0.29, 0.717) is 10.6 Å². The maximum absolute atomic E-state index is 15.0. The second kappa shape index (κ2) is 12.2. The minimum Gasteiger partial charge on any atom is -0.350 e. The summed E-state index contributed by atoms with van der Waals surface area (Å²) in [7, 11) is -4.35. The normalized spacial score (nSPS) is 12.5. The molecule has 1 unspecified atom stereocenters. The van der Waals surface area contributed by atoms with E-state index in [1.807, 2.05) is 27.7 Å². The van der Waals surface area contributed by atoms with Gasteiger partial charge in [-0.2, -0.15) is 0 Å². The summed E-state index contributed by atoms with van der Waals surface area (Å²) >= 11 is 6.15. The van der Waals surface area contributed by atoms with Gasteiger partial charge in [-0.1, -0.05) is 53.6 Å². The molecule has 0 saturated heterocycles. The van der Waals surface area contributed by atoms with E-state index < -0.39 is 45.8 Å². The predicted molar refractivity (Wildman–Crippen MR) is 151 cm³/mol. The molecule has 10 heteroatoms. The van der Waals surface area contributed by atoms with Crippen LogP contribution in [0.2, 0.25) is 5.02 Å². The molecule has 208 valence electrons. The van der Waals surface area contributed by atoms with Crippen molar-refractivity contribution in [1.82, 2.24) is 10.2 Å². The summed E-state index contributed by atoms with van der Waals surface area (Å²) in [6.45, 7) is 8.06. The van der Waals surface area contributed by atoms with Gasteiger partial charge in [0.2, 0.25) is 11.8 Å². The molecule has 2 amide bonds. The highest BCUT2D eigenvalue weighted by molar-refractivity contribution is 7.92. The third-order valence-corrected chi connectivity index (χ3v) is 7.93. The lowest BCUT2D eigenvalue weighted by atomic mass is 10.1. The van der Waals surface area contributed by atoms with Crippen molar-refractivity contribution in [3.63, 3.8) is 0 Å². The van der Waals surface area contributed by atoms with Gasteiger partial charge in [-0.15, -0.1) is 0 Å². The zero-order valence-corrected chi connectivity index (χ0v) is 24.2. The molecular formula is C29H33ClFN3O4S. The number of carbonyl (C=O) groups is 2. The van der Waals surface area contributed by atoms with Crippen LogP contribution in [0.15, 0.2) is 77.7 Å². The fourth-order valence-corrected chi connectivity index (χ4v) is 5.53. The number of carbonyl (C=O) groups excluding carboxylic acids is 2. The number of amides is 2. The van der Waals surface area contributed by atoms with Crippen molar-refractivity contribution in [2.24, 2.45) is 0 Å². The highest BCUT2D eigenvalue weighted by Gasteiger charge is 2.34. The molecule has 0 aliphatic rings. The third-order valence-electron chi connectivity index (χ3n) is 5.92. The van der Waals surface area contributed by atoms with Crippen molar-refractivity contribution in [3.05, 3.63) is 94.8 Å². The Morgan fingerprint density at radius 2 is 1.64 bits per heavy atom. The molecule has 1 atom stereocenters. The Bertz CT molecular complexity index is 1440. The van der Waals surface area contributed by atoms with E-state index in [0.717, 1.165) is 15.9 Å². The predicted octanol–water partition coefficient (Wildman–Crippen LogP) is 5.31. The lowest BCUT2D eigenvalue weighted by Crippen LogP contribution is -2.54. The zero-order chi connectivity index (χ0) is 29.0. The Balaban J connectivity index is 2.05. The van der Waals surface area contributed by atoms with Crippen LogP contribution in [0.5, 0.6) is 0 Å². The molecule has 0 aliphatic heterocycles. The number of nitrogens with zero attached hydrogens (tertiary/aromatic N) is 2. The summed E-state index contributed by atoms with van der Waals surface area (Å²) in [5.41, 5.74) is 0.643. The van der Waals surface area contributed by atoms with Crippen LogP contribution in [-0.2, 0) is 26.2 Å². The van der Waals surface area contributed by atoms with Crippen molar-refractivity contribution < 1.29 is 22.4 Å². The Morgan fingerprint density at radius 3 is 2.23 bits per heavy atom. The smallest absolute Gasteiger partial charge is 0.264 e. The topological polar surface area (TPSA) is 86.8 Å². The molecule has 3 aromatic carbocycles. The Morgan fingerprint density at radius 1 is 1.00 bits per heavy atom. The minimum absolute atomic E-state index is 0.0200. The second-order valence-corrected chi connectivity index (χ2v) is 12.6. The van der Waals surface area contributed by atoms with E-state index in [2.05, 4.69) is 5.32 Å². The van der Waals surface area contributed by atoms with E-state index >= 15 is 0 Å². The summed E-state index contributed by atoms with van der Waals surface area (Å²) in [5, 5.41) is 3.30. The SMILES string of the molecule is Cc1ccc(S(=O)(=O)N(CC(=O)N(Cc2cccc(Cl)c2)C(C)C(=O)NC(C)(C)C)c2ccccc2F)cc1. The first-order chi connectivity index (χ1) is 18.2. The molecule has 3 rings (SSSR count). The van der Waals surface area contributed by atoms with Crippen LogP contribution in [0, 0.1) is 12.7 Å². The van der Waals surface area contributed by atoms with E-state index in [1.54, 1.807) is 43.3 Å². The van der Waals surface area contributed by atoms with Crippen LogP contribution >= 0.6 is 11.6 Å². The number of anilines is 1. The highest BCUT2D eigenvalue weighted by Crippen LogP contribution is 2.27. The molecule has 0 saturated carbocycles. The molecule has 0 heterocycles. The van der Waals surface area contributed by atoms with Crippen molar-refractivity contribution in [2.75, 3.05) is 10.8 Å². The van der Waals surface area contributed by atoms with Crippen molar-refractivity contribution in [1.29, 1.82) is 0 Å². The van der Waals surface area contributed by atoms with E-state index in [1.165, 1.54) is 35.2 Å². The van der Waals surface area contributed by atoms with Gasteiger partial charge in [0.15, 0.2) is 0 Å². The lowest BCUT2D eigenvalue weighted by Gasteiger charge is -2.33. The molecule has 0 aromatic heterocycles. The number of aryl methyl sites for hydroxylation is 1. The molecular weight excluding hydrogens is 541 g/mol. The number of nitrogens with one attached hydrogen (secondary N) is 1. The lowest BCUT2D eigenvalue weighted by molar-refractivity contribution is -0.140. The minimum atomic E-state index is -4.35. The zero-order valence-electron chi connectivity index (χ0n) is 22.6. The quantitative estimate of drug-likeness (QED) is 0.376. The monoisotopic (exact) mass is 573 g/mol. The van der Waals surface area contributed by atoms with Crippen LogP contribution in [0.1, 0.15) is 38.8 Å². The van der Waals surface area contributed by atoms with Crippen LogP contribution in [-0.4, -0.2) is 43.3 Å². The maximum atomic E-state index is 15.0. The van der Waals surface area contributed by atoms with Gasteiger partial charge >= 0.3 is 0 Å². The number of hydrogen-bond donors (Lipinski definition) is 1. The van der Waals surface area contributed by atoms with Gasteiger partial charge in [0, 0.05) is 17.1 Å². The number of hydrogen-bond acceptors (Lipinski definition) is 4. The van der Waals surface area contributed by atoms with Crippen molar-refractivity contribution in [3.8, 4) is 0 Å². The second-order valence-electron chi connectivity index (χ2n) is 10.3. The Labute approximate surface area is 234 Å². The molecule has 7 nitrogen and oxygen atoms in total. The van der Waals surface area contributed by atoms with Crippen molar-refractivity contribution >= 4 is 39.1 Å². The first-order valence-electron chi connectivity index (χ1n) is 12.4. The number of rotatable bonds is 9. The number of benzene rings is 3. The fourth-order valence-electron chi connectivity index (χ4n) is 3.89. The largest absolute Gasteiger partial charge is 0.350 e. The third kappa shape index (κ3) is 7.80. The molecule has 39 heavy (non-hydrogen) atoms. The summed E-state index contributed by atoms with van der Waals surface area (Å²) in [6, 6.07) is 17.2. The Kier molecular flexibility index (Phi) is 9.40. The summed E-state index contributed by atoms with van der Waals surface area (Å²) < 4.78 is 43.2. The molecule has 0 spiro atoms. The van der Waals surface area contributed by atoms with Crippen molar-refractivity contribution in [2.45, 2.75) is 57.6 Å². The first kappa shape index (κ1) is 30.1. The first-order valence-corrected chi connectivity index (χ1v) is 14.2. The van der Waals surface area contributed by atoms with Crippen LogP contribution in [0.25, 0.3) is 0 Å². The number of para-hydroxylation sites is 1. The van der Waals surface area contributed by atoms with E-state index in [-0.39, 0.29) is 17.1 Å². The summed E-state index contributed by atoms with van der Waals surface area (Å²) in [6.07, 6.45) is 0. The highest BCUT2D eigenvalue weighted by atomic mass is 35.5. The molecule has 0 radical (unpaired) electrons. The van der Waals surface area contributed by atoms with E-state index in [4.69, 9.17) is 11.6 Å². The number of sulfonamides is 1. The molecule has 0 aliphatic carbocycles. The summed E-state index contributed by atoms with van der Waals surface area (Å²) in [4.78, 5) is 28.1. The molecule has 0 bridgehead atoms. The van der Waals surface area contributed by atoms with Gasteiger partial charge in [-0.25, -0.2) is 12.8 Å². The molecule has 1 N–H and O–H groups in total. The van der Waals surface area contributed by atoms with Crippen LogP contribution in [0.3, 0.4) is 0 Å². The molecule has 3 aromatic rings. The summed E-state index contributed by atoms with van der Waals surface area (Å²) in [5.74, 6) is -1.91. The average Bonchev–Trinajstić information content (AvgIpc) is 2.85. The van der Waals surface area contributed by atoms with Gasteiger partial charge in [0.1, 0.15) is 18.4 Å². The van der Waals surface area contributed by atoms with Gasteiger partial charge < -0.3 is 10.2 Å². The molecule has 0 fully saturated rings. The standard InChI is InChI=1S/C29H33ClFN3O4S/c1-20-13-15-24(16-14-20)39(37,38)34(26-12-7-6-11-25(26)31)19-27(35)33(18-22-9-8-10-23(30)17-22)21(2)28(36)32-29(3,4)5/h6-17,21H,18-19H2,1-5H3,(H,32,36). The van der Waals surface area contributed by atoms with Gasteiger partial charge in [-0.3, -0.25) is 13.9 Å². The van der Waals surface area contributed by atoms with Gasteiger partial charge in [-0.05, 0) is 76.6 Å².